The third-order valence-electron chi connectivity index (χ3n) is 2.57. The zero-order chi connectivity index (χ0) is 8.58. The fourth-order valence-electron chi connectivity index (χ4n) is 0.507. The molecule has 0 bridgehead atoms. The van der Waals surface area contributed by atoms with Crippen LogP contribution in [0.15, 0.2) is 0 Å². The number of hydrogen-bond donors (Lipinski definition) is 0. The molecule has 0 heterocycles. The van der Waals surface area contributed by atoms with Crippen LogP contribution in [0, 0.1) is 11.3 Å². The van der Waals surface area contributed by atoms with E-state index in [2.05, 4.69) is 0 Å². The maximum atomic E-state index is 12.8. The quantitative estimate of drug-likeness (QED) is 0.566. The Morgan fingerprint density at radius 1 is 1.00 bits per heavy atom. The standard InChI is InChI=1S/C8H16F2/c1-6(2)7(3,4)8(5,9)10/h6H,1-5H3. The number of rotatable bonds is 2. The molecular weight excluding hydrogens is 134 g/mol. The second kappa shape index (κ2) is 2.48. The van der Waals surface area contributed by atoms with Crippen molar-refractivity contribution < 1.29 is 8.78 Å². The Morgan fingerprint density at radius 3 is 1.30 bits per heavy atom. The molecule has 0 unspecified atom stereocenters. The molecule has 0 saturated heterocycles. The van der Waals surface area contributed by atoms with E-state index in [0.717, 1.165) is 6.92 Å². The van der Waals surface area contributed by atoms with E-state index in [1.807, 2.05) is 13.8 Å². The van der Waals surface area contributed by atoms with E-state index < -0.39 is 11.3 Å². The highest BCUT2D eigenvalue weighted by molar-refractivity contribution is 4.83. The summed E-state index contributed by atoms with van der Waals surface area (Å²) in [6.45, 7) is 7.80. The van der Waals surface area contributed by atoms with Crippen molar-refractivity contribution in [3.63, 3.8) is 0 Å². The molecule has 0 radical (unpaired) electrons. The van der Waals surface area contributed by atoms with Crippen LogP contribution in [-0.4, -0.2) is 5.92 Å². The SMILES string of the molecule is CC(C)C(C)(C)C(C)(F)F. The van der Waals surface area contributed by atoms with E-state index >= 15 is 0 Å². The maximum absolute atomic E-state index is 12.8. The minimum absolute atomic E-state index is 0.00694. The summed E-state index contributed by atoms with van der Waals surface area (Å²) >= 11 is 0. The average molecular weight is 150 g/mol. The third kappa shape index (κ3) is 1.68. The van der Waals surface area contributed by atoms with Gasteiger partial charge in [-0.25, -0.2) is 8.78 Å². The van der Waals surface area contributed by atoms with E-state index in [4.69, 9.17) is 0 Å². The minimum atomic E-state index is -2.58. The highest BCUT2D eigenvalue weighted by Crippen LogP contribution is 2.41. The summed E-state index contributed by atoms with van der Waals surface area (Å²) in [5.74, 6) is -2.58. The predicted octanol–water partition coefficient (Wildman–Crippen LogP) is 3.32. The topological polar surface area (TPSA) is 0 Å². The second-order valence-corrected chi connectivity index (χ2v) is 3.76. The largest absolute Gasteiger partial charge is 0.250 e. The summed E-state index contributed by atoms with van der Waals surface area (Å²) in [5, 5.41) is 0. The molecule has 10 heavy (non-hydrogen) atoms. The predicted molar refractivity (Wildman–Crippen MR) is 39.2 cm³/mol. The molecule has 62 valence electrons. The van der Waals surface area contributed by atoms with E-state index in [1.54, 1.807) is 13.8 Å². The molecule has 0 aliphatic rings. The van der Waals surface area contributed by atoms with Crippen LogP contribution < -0.4 is 0 Å². The first-order valence-electron chi connectivity index (χ1n) is 3.57. The Labute approximate surface area is 61.6 Å². The van der Waals surface area contributed by atoms with E-state index in [-0.39, 0.29) is 5.92 Å². The molecule has 0 fully saturated rings. The first kappa shape index (κ1) is 9.86. The minimum Gasteiger partial charge on any atom is -0.207 e. The van der Waals surface area contributed by atoms with E-state index in [0.29, 0.717) is 0 Å². The highest BCUT2D eigenvalue weighted by atomic mass is 19.3. The van der Waals surface area contributed by atoms with Gasteiger partial charge in [0, 0.05) is 5.41 Å². The molecule has 0 aromatic heterocycles. The fourth-order valence-corrected chi connectivity index (χ4v) is 0.507. The lowest BCUT2D eigenvalue weighted by Gasteiger charge is -2.35. The first-order valence-corrected chi connectivity index (χ1v) is 3.57. The Balaban J connectivity index is 4.40. The van der Waals surface area contributed by atoms with Crippen LogP contribution in [0.25, 0.3) is 0 Å². The highest BCUT2D eigenvalue weighted by Gasteiger charge is 2.43. The van der Waals surface area contributed by atoms with Crippen LogP contribution in [-0.2, 0) is 0 Å². The van der Waals surface area contributed by atoms with Gasteiger partial charge < -0.3 is 0 Å². The lowest BCUT2D eigenvalue weighted by atomic mass is 9.76. The molecule has 0 aromatic carbocycles. The second-order valence-electron chi connectivity index (χ2n) is 3.76. The summed E-state index contributed by atoms with van der Waals surface area (Å²) < 4.78 is 25.5. The van der Waals surface area contributed by atoms with E-state index in [1.165, 1.54) is 0 Å². The summed E-state index contributed by atoms with van der Waals surface area (Å²) in [5.41, 5.74) is -0.896. The van der Waals surface area contributed by atoms with Gasteiger partial charge in [-0.3, -0.25) is 0 Å². The zero-order valence-corrected chi connectivity index (χ0v) is 7.33. The van der Waals surface area contributed by atoms with E-state index in [9.17, 15) is 8.78 Å². The molecule has 0 rings (SSSR count). The molecule has 0 atom stereocenters. The van der Waals surface area contributed by atoms with Crippen LogP contribution in [0.2, 0.25) is 0 Å². The molecule has 0 aromatic rings. The summed E-state index contributed by atoms with van der Waals surface area (Å²) in [7, 11) is 0. The van der Waals surface area contributed by atoms with Crippen LogP contribution in [0.3, 0.4) is 0 Å². The van der Waals surface area contributed by atoms with Crippen molar-refractivity contribution in [2.45, 2.75) is 40.5 Å². The molecule has 0 N–H and O–H groups in total. The number of alkyl halides is 2. The van der Waals surface area contributed by atoms with Gasteiger partial charge in [0.05, 0.1) is 0 Å². The third-order valence-corrected chi connectivity index (χ3v) is 2.57. The van der Waals surface area contributed by atoms with Gasteiger partial charge in [0.2, 0.25) is 0 Å². The van der Waals surface area contributed by atoms with Gasteiger partial charge in [0.15, 0.2) is 0 Å². The maximum Gasteiger partial charge on any atom is 0.250 e. The molecule has 0 amide bonds. The Hall–Kier alpha value is -0.140. The molecule has 0 nitrogen and oxygen atoms in total. The smallest absolute Gasteiger partial charge is 0.207 e. The van der Waals surface area contributed by atoms with Gasteiger partial charge in [-0.15, -0.1) is 0 Å². The van der Waals surface area contributed by atoms with Crippen molar-refractivity contribution in [1.29, 1.82) is 0 Å². The Morgan fingerprint density at radius 2 is 1.30 bits per heavy atom. The molecule has 0 spiro atoms. The van der Waals surface area contributed by atoms with Gasteiger partial charge in [-0.2, -0.15) is 0 Å². The lowest BCUT2D eigenvalue weighted by Crippen LogP contribution is -2.37. The van der Waals surface area contributed by atoms with Crippen molar-refractivity contribution in [2.75, 3.05) is 0 Å². The van der Waals surface area contributed by atoms with Gasteiger partial charge in [0.25, 0.3) is 5.92 Å². The summed E-state index contributed by atoms with van der Waals surface area (Å²) in [6.07, 6.45) is 0. The van der Waals surface area contributed by atoms with Crippen molar-refractivity contribution in [2.24, 2.45) is 11.3 Å². The normalized spacial score (nSPS) is 14.4. The number of hydrogen-bond acceptors (Lipinski definition) is 0. The van der Waals surface area contributed by atoms with Crippen molar-refractivity contribution in [3.8, 4) is 0 Å². The van der Waals surface area contributed by atoms with Gasteiger partial charge in [0.1, 0.15) is 0 Å². The Kier molecular flexibility index (Phi) is 2.44. The first-order chi connectivity index (χ1) is 4.19. The van der Waals surface area contributed by atoms with Gasteiger partial charge in [-0.1, -0.05) is 27.7 Å². The van der Waals surface area contributed by atoms with Crippen LogP contribution >= 0.6 is 0 Å². The van der Waals surface area contributed by atoms with Gasteiger partial charge in [-0.05, 0) is 12.8 Å². The number of halogens is 2. The monoisotopic (exact) mass is 150 g/mol. The van der Waals surface area contributed by atoms with Gasteiger partial charge >= 0.3 is 0 Å². The van der Waals surface area contributed by atoms with Crippen LogP contribution in [0.5, 0.6) is 0 Å². The van der Waals surface area contributed by atoms with Crippen LogP contribution in [0.4, 0.5) is 8.78 Å². The molecule has 0 aliphatic carbocycles. The lowest BCUT2D eigenvalue weighted by molar-refractivity contribution is -0.110. The molecule has 0 saturated carbocycles. The van der Waals surface area contributed by atoms with Crippen molar-refractivity contribution in [3.05, 3.63) is 0 Å². The Bertz CT molecular complexity index is 109. The fraction of sp³-hybridized carbons (Fsp3) is 1.00. The molecular formula is C8H16F2. The average Bonchev–Trinajstić information content (AvgIpc) is 1.62. The zero-order valence-electron chi connectivity index (χ0n) is 7.33. The van der Waals surface area contributed by atoms with Crippen molar-refractivity contribution in [1.82, 2.24) is 0 Å². The summed E-state index contributed by atoms with van der Waals surface area (Å²) in [6, 6.07) is 0. The molecule has 0 aliphatic heterocycles. The summed E-state index contributed by atoms with van der Waals surface area (Å²) in [4.78, 5) is 0. The molecule has 2 heteroatoms. The van der Waals surface area contributed by atoms with Crippen molar-refractivity contribution >= 4 is 0 Å². The van der Waals surface area contributed by atoms with Crippen LogP contribution in [0.1, 0.15) is 34.6 Å².